The number of hydrogen-bond acceptors (Lipinski definition) is 3. The summed E-state index contributed by atoms with van der Waals surface area (Å²) in [5.74, 6) is 1.68. The Morgan fingerprint density at radius 3 is 2.56 bits per heavy atom. The summed E-state index contributed by atoms with van der Waals surface area (Å²) in [6.07, 6.45) is 7.47. The lowest BCUT2D eigenvalue weighted by molar-refractivity contribution is 0.0674. The number of hydrogen-bond donors (Lipinski definition) is 1. The highest BCUT2D eigenvalue weighted by atomic mass is 16.2. The Bertz CT molecular complexity index is 984. The molecular weight excluding hydrogens is 394 g/mol. The van der Waals surface area contributed by atoms with Gasteiger partial charge in [0, 0.05) is 31.2 Å². The van der Waals surface area contributed by atoms with Gasteiger partial charge in [0.1, 0.15) is 0 Å². The molecular formula is C28H35N3O. The molecule has 1 atom stereocenters. The van der Waals surface area contributed by atoms with Gasteiger partial charge in [0.15, 0.2) is 0 Å². The van der Waals surface area contributed by atoms with Gasteiger partial charge in [0.25, 0.3) is 5.91 Å². The maximum atomic E-state index is 13.0. The first kappa shape index (κ1) is 20.4. The second-order valence-corrected chi connectivity index (χ2v) is 10.4. The molecule has 3 fully saturated rings. The van der Waals surface area contributed by atoms with Crippen LogP contribution in [0.4, 0.5) is 0 Å². The second kappa shape index (κ2) is 8.64. The van der Waals surface area contributed by atoms with Crippen molar-refractivity contribution in [1.82, 2.24) is 15.1 Å². The normalized spacial score (nSPS) is 24.7. The fourth-order valence-corrected chi connectivity index (χ4v) is 6.15. The van der Waals surface area contributed by atoms with Crippen LogP contribution in [-0.2, 0) is 13.1 Å². The molecule has 4 heteroatoms. The molecule has 0 bridgehead atoms. The first-order valence-electron chi connectivity index (χ1n) is 12.7. The van der Waals surface area contributed by atoms with Crippen molar-refractivity contribution in [1.29, 1.82) is 0 Å². The molecule has 3 aliphatic heterocycles. The van der Waals surface area contributed by atoms with Crippen molar-refractivity contribution in [2.75, 3.05) is 26.2 Å². The molecule has 1 unspecified atom stereocenters. The van der Waals surface area contributed by atoms with E-state index in [4.69, 9.17) is 0 Å². The van der Waals surface area contributed by atoms with E-state index in [1.165, 1.54) is 56.3 Å². The maximum absolute atomic E-state index is 13.0. The summed E-state index contributed by atoms with van der Waals surface area (Å²) in [6, 6.07) is 16.1. The van der Waals surface area contributed by atoms with Crippen molar-refractivity contribution in [2.24, 2.45) is 0 Å². The van der Waals surface area contributed by atoms with Crippen molar-refractivity contribution in [3.05, 3.63) is 70.3 Å². The quantitative estimate of drug-likeness (QED) is 0.751. The average Bonchev–Trinajstić information content (AvgIpc) is 3.64. The SMILES string of the molecule is O=C1c2ccc(C3CCN(Cc4ccccc4C4CC4)CC3)cc2CN1C1CCCNC1. The van der Waals surface area contributed by atoms with Gasteiger partial charge in [-0.2, -0.15) is 0 Å². The number of nitrogens with one attached hydrogen (secondary N) is 1. The molecule has 2 saturated heterocycles. The van der Waals surface area contributed by atoms with Crippen LogP contribution in [0.5, 0.6) is 0 Å². The Hall–Kier alpha value is -2.17. The van der Waals surface area contributed by atoms with Crippen LogP contribution in [0.1, 0.15) is 83.0 Å². The molecule has 2 aromatic carbocycles. The number of likely N-dealkylation sites (tertiary alicyclic amines) is 1. The average molecular weight is 430 g/mol. The minimum atomic E-state index is 0.240. The van der Waals surface area contributed by atoms with Gasteiger partial charge in [0.2, 0.25) is 0 Å². The summed E-state index contributed by atoms with van der Waals surface area (Å²) in [5, 5.41) is 3.46. The van der Waals surface area contributed by atoms with E-state index in [1.54, 1.807) is 11.1 Å². The maximum Gasteiger partial charge on any atom is 0.254 e. The van der Waals surface area contributed by atoms with E-state index >= 15 is 0 Å². The lowest BCUT2D eigenvalue weighted by atomic mass is 9.87. The van der Waals surface area contributed by atoms with E-state index in [0.29, 0.717) is 12.0 Å². The Morgan fingerprint density at radius 1 is 0.938 bits per heavy atom. The summed E-state index contributed by atoms with van der Waals surface area (Å²) < 4.78 is 0. The van der Waals surface area contributed by atoms with Crippen molar-refractivity contribution >= 4 is 5.91 Å². The lowest BCUT2D eigenvalue weighted by Gasteiger charge is -2.33. The molecule has 0 aromatic heterocycles. The topological polar surface area (TPSA) is 35.6 Å². The number of rotatable bonds is 5. The van der Waals surface area contributed by atoms with Gasteiger partial charge in [-0.3, -0.25) is 9.69 Å². The minimum Gasteiger partial charge on any atom is -0.330 e. The van der Waals surface area contributed by atoms with E-state index in [2.05, 4.69) is 57.6 Å². The molecule has 1 aliphatic carbocycles. The highest BCUT2D eigenvalue weighted by molar-refractivity contribution is 5.98. The standard InChI is InChI=1S/C28H35N3O/c32-28-27-10-9-22(16-24(27)19-31(28)25-5-3-13-29-17-25)20-11-14-30(15-12-20)18-23-4-1-2-6-26(23)21-7-8-21/h1-2,4,6,9-10,16,20-21,25,29H,3,5,7-8,11-15,17-19H2. The van der Waals surface area contributed by atoms with Crippen LogP contribution in [0.25, 0.3) is 0 Å². The molecule has 4 aliphatic rings. The number of carbonyl (C=O) groups is 1. The van der Waals surface area contributed by atoms with Gasteiger partial charge in [-0.1, -0.05) is 36.4 Å². The van der Waals surface area contributed by atoms with Gasteiger partial charge in [-0.15, -0.1) is 0 Å². The molecule has 1 N–H and O–H groups in total. The van der Waals surface area contributed by atoms with E-state index in [9.17, 15) is 4.79 Å². The smallest absolute Gasteiger partial charge is 0.254 e. The highest BCUT2D eigenvalue weighted by Crippen LogP contribution is 2.42. The third-order valence-electron chi connectivity index (χ3n) is 8.20. The van der Waals surface area contributed by atoms with Crippen LogP contribution in [0.3, 0.4) is 0 Å². The van der Waals surface area contributed by atoms with Gasteiger partial charge in [0.05, 0.1) is 0 Å². The third kappa shape index (κ3) is 3.99. The molecule has 3 heterocycles. The van der Waals surface area contributed by atoms with Crippen LogP contribution < -0.4 is 5.32 Å². The Morgan fingerprint density at radius 2 is 1.78 bits per heavy atom. The number of piperidine rings is 2. The van der Waals surface area contributed by atoms with Crippen LogP contribution in [0, 0.1) is 0 Å². The van der Waals surface area contributed by atoms with E-state index in [1.807, 2.05) is 0 Å². The predicted molar refractivity (Wildman–Crippen MR) is 128 cm³/mol. The van der Waals surface area contributed by atoms with Crippen LogP contribution in [0.2, 0.25) is 0 Å². The summed E-state index contributed by atoms with van der Waals surface area (Å²) in [6.45, 7) is 6.25. The van der Waals surface area contributed by atoms with Gasteiger partial charge in [-0.05, 0) is 98.3 Å². The Balaban J connectivity index is 1.09. The number of benzene rings is 2. The molecule has 2 aromatic rings. The number of amides is 1. The largest absolute Gasteiger partial charge is 0.330 e. The molecule has 6 rings (SSSR count). The third-order valence-corrected chi connectivity index (χ3v) is 8.20. The van der Waals surface area contributed by atoms with Crippen LogP contribution >= 0.6 is 0 Å². The van der Waals surface area contributed by atoms with E-state index in [0.717, 1.165) is 44.1 Å². The molecule has 1 saturated carbocycles. The zero-order valence-corrected chi connectivity index (χ0v) is 19.1. The number of nitrogens with zero attached hydrogens (tertiary/aromatic N) is 2. The zero-order chi connectivity index (χ0) is 21.5. The minimum absolute atomic E-state index is 0.240. The van der Waals surface area contributed by atoms with Crippen LogP contribution in [0.15, 0.2) is 42.5 Å². The second-order valence-electron chi connectivity index (χ2n) is 10.4. The monoisotopic (exact) mass is 429 g/mol. The van der Waals surface area contributed by atoms with E-state index in [-0.39, 0.29) is 5.91 Å². The highest BCUT2D eigenvalue weighted by Gasteiger charge is 2.34. The Labute approximate surface area is 192 Å². The van der Waals surface area contributed by atoms with Crippen molar-refractivity contribution in [2.45, 2.75) is 69.5 Å². The molecule has 0 spiro atoms. The summed E-state index contributed by atoms with van der Waals surface area (Å²) >= 11 is 0. The van der Waals surface area contributed by atoms with Crippen LogP contribution in [-0.4, -0.2) is 47.9 Å². The van der Waals surface area contributed by atoms with Gasteiger partial charge in [-0.25, -0.2) is 0 Å². The summed E-state index contributed by atoms with van der Waals surface area (Å²) in [4.78, 5) is 17.7. The predicted octanol–water partition coefficient (Wildman–Crippen LogP) is 4.65. The molecule has 4 nitrogen and oxygen atoms in total. The Kier molecular flexibility index (Phi) is 5.52. The summed E-state index contributed by atoms with van der Waals surface area (Å²) in [5.41, 5.74) is 6.77. The summed E-state index contributed by atoms with van der Waals surface area (Å²) in [7, 11) is 0. The number of carbonyl (C=O) groups excluding carboxylic acids is 1. The first-order chi connectivity index (χ1) is 15.8. The molecule has 168 valence electrons. The molecule has 1 amide bonds. The lowest BCUT2D eigenvalue weighted by Crippen LogP contribution is -2.46. The fraction of sp³-hybridized carbons (Fsp3) is 0.536. The number of fused-ring (bicyclic) bond motifs is 1. The van der Waals surface area contributed by atoms with Gasteiger partial charge < -0.3 is 10.2 Å². The van der Waals surface area contributed by atoms with Crippen molar-refractivity contribution in [3.63, 3.8) is 0 Å². The molecule has 32 heavy (non-hydrogen) atoms. The first-order valence-corrected chi connectivity index (χ1v) is 12.7. The van der Waals surface area contributed by atoms with Crippen molar-refractivity contribution < 1.29 is 4.79 Å². The molecule has 0 radical (unpaired) electrons. The van der Waals surface area contributed by atoms with E-state index < -0.39 is 0 Å². The van der Waals surface area contributed by atoms with Gasteiger partial charge >= 0.3 is 0 Å². The van der Waals surface area contributed by atoms with Crippen molar-refractivity contribution in [3.8, 4) is 0 Å². The zero-order valence-electron chi connectivity index (χ0n) is 19.1. The fourth-order valence-electron chi connectivity index (χ4n) is 6.15.